The van der Waals surface area contributed by atoms with Gasteiger partial charge < -0.3 is 9.88 Å². The van der Waals surface area contributed by atoms with Crippen molar-refractivity contribution in [2.45, 2.75) is 5.16 Å². The molecule has 0 aliphatic carbocycles. The van der Waals surface area contributed by atoms with Crippen LogP contribution in [-0.4, -0.2) is 31.4 Å². The molecule has 0 atom stereocenters. The van der Waals surface area contributed by atoms with Crippen LogP contribution in [0.1, 0.15) is 0 Å². The third-order valence-corrected chi connectivity index (χ3v) is 4.84. The zero-order chi connectivity index (χ0) is 17.8. The van der Waals surface area contributed by atoms with E-state index >= 15 is 0 Å². The smallest absolute Gasteiger partial charge is 0.234 e. The van der Waals surface area contributed by atoms with Crippen molar-refractivity contribution in [2.75, 3.05) is 11.1 Å². The fourth-order valence-electron chi connectivity index (χ4n) is 2.12. The van der Waals surface area contributed by atoms with Crippen molar-refractivity contribution < 1.29 is 4.79 Å². The fraction of sp³-hybridized carbons (Fsp3) is 0.125. The van der Waals surface area contributed by atoms with Crippen LogP contribution >= 0.6 is 35.0 Å². The van der Waals surface area contributed by atoms with Crippen LogP contribution in [0.2, 0.25) is 10.2 Å². The molecule has 0 fully saturated rings. The molecule has 2 aromatic heterocycles. The molecule has 0 aliphatic heterocycles. The molecule has 6 nitrogen and oxygen atoms in total. The van der Waals surface area contributed by atoms with Gasteiger partial charge in [-0.1, -0.05) is 47.1 Å². The minimum atomic E-state index is -0.202. The fourth-order valence-corrected chi connectivity index (χ4v) is 3.18. The first-order valence-electron chi connectivity index (χ1n) is 7.23. The van der Waals surface area contributed by atoms with E-state index in [2.05, 4.69) is 20.5 Å². The van der Waals surface area contributed by atoms with Crippen LogP contribution < -0.4 is 5.32 Å². The number of nitrogens with zero attached hydrogens (tertiary/aromatic N) is 4. The Bertz CT molecular complexity index is 915. The van der Waals surface area contributed by atoms with Crippen LogP contribution in [-0.2, 0) is 11.8 Å². The summed E-state index contributed by atoms with van der Waals surface area (Å²) in [7, 11) is 1.84. The lowest BCUT2D eigenvalue weighted by molar-refractivity contribution is -0.113. The Labute approximate surface area is 158 Å². The predicted molar refractivity (Wildman–Crippen MR) is 100 cm³/mol. The summed E-state index contributed by atoms with van der Waals surface area (Å²) in [6.07, 6.45) is 1.56. The standard InChI is InChI=1S/C16H13Cl2N5OS/c1-23-15(10-4-2-5-11(17)8-10)21-22-16(23)25-9-13(24)20-12-6-3-7-19-14(12)18/h2-8H,9H2,1H3,(H,20,24). The molecule has 1 amide bonds. The Balaban J connectivity index is 1.66. The summed E-state index contributed by atoms with van der Waals surface area (Å²) < 4.78 is 1.82. The topological polar surface area (TPSA) is 72.7 Å². The summed E-state index contributed by atoms with van der Waals surface area (Å²) in [6.45, 7) is 0. The molecule has 1 aromatic carbocycles. The third kappa shape index (κ3) is 4.31. The van der Waals surface area contributed by atoms with Crippen LogP contribution in [0.3, 0.4) is 0 Å². The van der Waals surface area contributed by atoms with E-state index in [1.165, 1.54) is 11.8 Å². The lowest BCUT2D eigenvalue weighted by Crippen LogP contribution is -2.15. The predicted octanol–water partition coefficient (Wildman–Crippen LogP) is 3.91. The Kier molecular flexibility index (Phi) is 5.57. The van der Waals surface area contributed by atoms with Crippen molar-refractivity contribution in [1.82, 2.24) is 19.7 Å². The number of amides is 1. The molecular weight excluding hydrogens is 381 g/mol. The highest BCUT2D eigenvalue weighted by Crippen LogP contribution is 2.25. The number of halogens is 2. The van der Waals surface area contributed by atoms with E-state index in [-0.39, 0.29) is 16.8 Å². The van der Waals surface area contributed by atoms with Gasteiger partial charge in [0, 0.05) is 23.8 Å². The summed E-state index contributed by atoms with van der Waals surface area (Å²) in [5.74, 6) is 0.653. The molecular formula is C16H13Cl2N5OS. The van der Waals surface area contributed by atoms with Crippen LogP contribution in [0.4, 0.5) is 5.69 Å². The van der Waals surface area contributed by atoms with E-state index in [9.17, 15) is 4.79 Å². The number of carbonyl (C=O) groups is 1. The monoisotopic (exact) mass is 393 g/mol. The third-order valence-electron chi connectivity index (χ3n) is 3.28. The average Bonchev–Trinajstić information content (AvgIpc) is 2.96. The Hall–Kier alpha value is -2.09. The van der Waals surface area contributed by atoms with E-state index in [1.807, 2.05) is 29.8 Å². The molecule has 0 radical (unpaired) electrons. The van der Waals surface area contributed by atoms with Crippen LogP contribution in [0.5, 0.6) is 0 Å². The maximum absolute atomic E-state index is 12.1. The number of thioether (sulfide) groups is 1. The lowest BCUT2D eigenvalue weighted by Gasteiger charge is -2.06. The molecule has 9 heteroatoms. The van der Waals surface area contributed by atoms with Crippen LogP contribution in [0.15, 0.2) is 47.8 Å². The second-order valence-electron chi connectivity index (χ2n) is 5.05. The molecule has 0 saturated carbocycles. The number of pyridine rings is 1. The number of hydrogen-bond donors (Lipinski definition) is 1. The highest BCUT2D eigenvalue weighted by molar-refractivity contribution is 7.99. The Morgan fingerprint density at radius 2 is 2.08 bits per heavy atom. The second kappa shape index (κ2) is 7.86. The molecule has 0 spiro atoms. The number of anilines is 1. The first-order chi connectivity index (χ1) is 12.0. The van der Waals surface area contributed by atoms with Crippen molar-refractivity contribution >= 4 is 46.6 Å². The summed E-state index contributed by atoms with van der Waals surface area (Å²) in [5.41, 5.74) is 1.34. The van der Waals surface area contributed by atoms with E-state index < -0.39 is 0 Å². The summed E-state index contributed by atoms with van der Waals surface area (Å²) in [5, 5.41) is 12.5. The molecule has 25 heavy (non-hydrogen) atoms. The minimum absolute atomic E-state index is 0.173. The maximum atomic E-state index is 12.1. The zero-order valence-corrected chi connectivity index (χ0v) is 15.4. The largest absolute Gasteiger partial charge is 0.323 e. The Morgan fingerprint density at radius 1 is 1.24 bits per heavy atom. The minimum Gasteiger partial charge on any atom is -0.323 e. The van der Waals surface area contributed by atoms with Gasteiger partial charge in [0.15, 0.2) is 16.1 Å². The second-order valence-corrected chi connectivity index (χ2v) is 6.79. The average molecular weight is 394 g/mol. The van der Waals surface area contributed by atoms with Gasteiger partial charge in [0.25, 0.3) is 0 Å². The number of rotatable bonds is 5. The summed E-state index contributed by atoms with van der Waals surface area (Å²) in [6, 6.07) is 10.8. The summed E-state index contributed by atoms with van der Waals surface area (Å²) in [4.78, 5) is 16.0. The molecule has 0 unspecified atom stereocenters. The molecule has 0 bridgehead atoms. The molecule has 2 heterocycles. The summed E-state index contributed by atoms with van der Waals surface area (Å²) >= 11 is 13.2. The van der Waals surface area contributed by atoms with Gasteiger partial charge in [0.05, 0.1) is 11.4 Å². The molecule has 128 valence electrons. The SMILES string of the molecule is Cn1c(SCC(=O)Nc2cccnc2Cl)nnc1-c1cccc(Cl)c1. The first kappa shape index (κ1) is 17.7. The molecule has 0 saturated heterocycles. The van der Waals surface area contributed by atoms with Crippen molar-refractivity contribution in [2.24, 2.45) is 7.05 Å². The van der Waals surface area contributed by atoms with Gasteiger partial charge >= 0.3 is 0 Å². The normalized spacial score (nSPS) is 10.7. The van der Waals surface area contributed by atoms with Crippen LogP contribution in [0, 0.1) is 0 Å². The number of nitrogens with one attached hydrogen (secondary N) is 1. The quantitative estimate of drug-likeness (QED) is 0.525. The van der Waals surface area contributed by atoms with Crippen LogP contribution in [0.25, 0.3) is 11.4 Å². The van der Waals surface area contributed by atoms with Gasteiger partial charge in [-0.3, -0.25) is 4.79 Å². The van der Waals surface area contributed by atoms with Gasteiger partial charge in [-0.25, -0.2) is 4.98 Å². The van der Waals surface area contributed by atoms with Crippen molar-refractivity contribution in [3.8, 4) is 11.4 Å². The lowest BCUT2D eigenvalue weighted by atomic mass is 10.2. The van der Waals surface area contributed by atoms with E-state index in [4.69, 9.17) is 23.2 Å². The highest BCUT2D eigenvalue weighted by Gasteiger charge is 2.14. The number of hydrogen-bond acceptors (Lipinski definition) is 5. The molecule has 3 rings (SSSR count). The van der Waals surface area contributed by atoms with E-state index in [0.717, 1.165) is 5.56 Å². The van der Waals surface area contributed by atoms with Gasteiger partial charge in [-0.15, -0.1) is 10.2 Å². The van der Waals surface area contributed by atoms with Crippen molar-refractivity contribution in [1.29, 1.82) is 0 Å². The zero-order valence-electron chi connectivity index (χ0n) is 13.1. The van der Waals surface area contributed by atoms with E-state index in [1.54, 1.807) is 24.4 Å². The van der Waals surface area contributed by atoms with Crippen molar-refractivity contribution in [3.63, 3.8) is 0 Å². The maximum Gasteiger partial charge on any atom is 0.234 e. The van der Waals surface area contributed by atoms with Gasteiger partial charge in [-0.2, -0.15) is 0 Å². The molecule has 3 aromatic rings. The Morgan fingerprint density at radius 3 is 2.84 bits per heavy atom. The highest BCUT2D eigenvalue weighted by atomic mass is 35.5. The van der Waals surface area contributed by atoms with Gasteiger partial charge in [0.1, 0.15) is 0 Å². The molecule has 1 N–H and O–H groups in total. The van der Waals surface area contributed by atoms with Gasteiger partial charge in [-0.05, 0) is 24.3 Å². The number of carbonyl (C=O) groups excluding carboxylic acids is 1. The number of benzene rings is 1. The van der Waals surface area contributed by atoms with Crippen molar-refractivity contribution in [3.05, 3.63) is 52.8 Å². The molecule has 0 aliphatic rings. The van der Waals surface area contributed by atoms with E-state index in [0.29, 0.717) is 21.7 Å². The first-order valence-corrected chi connectivity index (χ1v) is 8.97. The van der Waals surface area contributed by atoms with Gasteiger partial charge in [0.2, 0.25) is 5.91 Å². The number of aromatic nitrogens is 4.